The number of carbonyl (C=O) groups excluding carboxylic acids is 2. The molecule has 9 nitrogen and oxygen atoms in total. The molecule has 1 aliphatic heterocycles. The third-order valence-electron chi connectivity index (χ3n) is 6.25. The van der Waals surface area contributed by atoms with Gasteiger partial charge in [0.25, 0.3) is 5.91 Å². The van der Waals surface area contributed by atoms with Crippen molar-refractivity contribution < 1.29 is 18.0 Å². The minimum absolute atomic E-state index is 0.0912. The van der Waals surface area contributed by atoms with Gasteiger partial charge in [-0.05, 0) is 55.3 Å². The van der Waals surface area contributed by atoms with Gasteiger partial charge in [0.05, 0.1) is 16.3 Å². The van der Waals surface area contributed by atoms with E-state index in [9.17, 15) is 18.0 Å². The Morgan fingerprint density at radius 1 is 0.912 bits per heavy atom. The molecular weight excluding hydrogens is 454 g/mol. The molecule has 0 spiro atoms. The number of hydrogen-bond acceptors (Lipinski definition) is 5. The normalized spacial score (nSPS) is 17.0. The zero-order valence-corrected chi connectivity index (χ0v) is 19.3. The van der Waals surface area contributed by atoms with E-state index in [0.29, 0.717) is 11.6 Å². The average molecular weight is 480 g/mol. The number of hydrogen-bond donors (Lipinski definition) is 1. The maximum absolute atomic E-state index is 13.4. The molecule has 1 saturated heterocycles. The van der Waals surface area contributed by atoms with Crippen molar-refractivity contribution in [3.8, 4) is 5.69 Å². The maximum atomic E-state index is 13.4. The van der Waals surface area contributed by atoms with Crippen LogP contribution in [0.3, 0.4) is 0 Å². The fourth-order valence-electron chi connectivity index (χ4n) is 4.13. The predicted octanol–water partition coefficient (Wildman–Crippen LogP) is 2.00. The van der Waals surface area contributed by atoms with Gasteiger partial charge in [-0.2, -0.15) is 9.40 Å². The second-order valence-electron chi connectivity index (χ2n) is 8.56. The summed E-state index contributed by atoms with van der Waals surface area (Å²) in [5.41, 5.74) is 7.71. The molecule has 10 heteroatoms. The fourth-order valence-corrected chi connectivity index (χ4v) is 5.55. The van der Waals surface area contributed by atoms with Gasteiger partial charge in [0.1, 0.15) is 5.69 Å². The number of carbonyl (C=O) groups is 2. The van der Waals surface area contributed by atoms with Crippen molar-refractivity contribution in [1.82, 2.24) is 19.0 Å². The first-order chi connectivity index (χ1) is 16.3. The Balaban J connectivity index is 1.32. The van der Waals surface area contributed by atoms with Crippen molar-refractivity contribution in [2.75, 3.05) is 26.2 Å². The third kappa shape index (κ3) is 4.22. The van der Waals surface area contributed by atoms with Crippen LogP contribution in [0.15, 0.2) is 65.6 Å². The van der Waals surface area contributed by atoms with E-state index in [4.69, 9.17) is 10.8 Å². The molecule has 2 aliphatic rings. The number of piperazine rings is 1. The van der Waals surface area contributed by atoms with Crippen molar-refractivity contribution in [2.45, 2.75) is 23.7 Å². The van der Waals surface area contributed by atoms with Crippen LogP contribution < -0.4 is 5.73 Å². The first kappa shape index (κ1) is 22.3. The predicted molar refractivity (Wildman–Crippen MR) is 125 cm³/mol. The highest BCUT2D eigenvalue weighted by atomic mass is 32.2. The van der Waals surface area contributed by atoms with Crippen molar-refractivity contribution in [1.29, 1.82) is 0 Å². The van der Waals surface area contributed by atoms with Gasteiger partial charge in [0, 0.05) is 37.7 Å². The molecule has 2 fully saturated rings. The molecule has 0 radical (unpaired) electrons. The van der Waals surface area contributed by atoms with Crippen molar-refractivity contribution in [3.63, 3.8) is 0 Å². The molecule has 2 amide bonds. The molecule has 0 bridgehead atoms. The summed E-state index contributed by atoms with van der Waals surface area (Å²) in [5.74, 6) is -0.374. The molecule has 2 aromatic carbocycles. The average Bonchev–Trinajstić information content (AvgIpc) is 3.62. The largest absolute Gasteiger partial charge is 0.366 e. The van der Waals surface area contributed by atoms with E-state index in [-0.39, 0.29) is 42.5 Å². The van der Waals surface area contributed by atoms with E-state index in [1.807, 2.05) is 36.4 Å². The van der Waals surface area contributed by atoms with Crippen LogP contribution in [0, 0.1) is 0 Å². The summed E-state index contributed by atoms with van der Waals surface area (Å²) < 4.78 is 29.1. The summed E-state index contributed by atoms with van der Waals surface area (Å²) >= 11 is 0. The molecule has 2 heterocycles. The minimum atomic E-state index is -3.74. The lowest BCUT2D eigenvalue weighted by molar-refractivity contribution is 0.0688. The van der Waals surface area contributed by atoms with Gasteiger partial charge in [-0.1, -0.05) is 18.2 Å². The van der Waals surface area contributed by atoms with E-state index in [2.05, 4.69) is 0 Å². The number of aromatic nitrogens is 2. The Bertz CT molecular complexity index is 1320. The Morgan fingerprint density at radius 2 is 1.56 bits per heavy atom. The number of primary amides is 1. The van der Waals surface area contributed by atoms with Gasteiger partial charge in [-0.15, -0.1) is 0 Å². The first-order valence-corrected chi connectivity index (χ1v) is 12.6. The lowest BCUT2D eigenvalue weighted by Crippen LogP contribution is -2.50. The Morgan fingerprint density at radius 3 is 2.15 bits per heavy atom. The molecule has 0 unspecified atom stereocenters. The van der Waals surface area contributed by atoms with Crippen LogP contribution in [-0.2, 0) is 10.0 Å². The standard InChI is InChI=1S/C24H25N5O4S/c25-23(30)18-8-10-20(11-9-18)34(32,33)28-14-12-27(13-15-28)24(31)22-16-21(17-6-7-17)26-29(22)19-4-2-1-3-5-19/h1-5,8-11,16-17H,6-7,12-15H2,(H2,25,30). The monoisotopic (exact) mass is 479 g/mol. The van der Waals surface area contributed by atoms with Crippen molar-refractivity contribution in [3.05, 3.63) is 77.6 Å². The molecule has 2 N–H and O–H groups in total. The third-order valence-corrected chi connectivity index (χ3v) is 8.16. The topological polar surface area (TPSA) is 119 Å². The van der Waals surface area contributed by atoms with Gasteiger partial charge in [-0.25, -0.2) is 13.1 Å². The summed E-state index contributed by atoms with van der Waals surface area (Å²) in [4.78, 5) is 26.5. The number of benzene rings is 2. The Labute approximate surface area is 197 Å². The zero-order valence-electron chi connectivity index (χ0n) is 18.5. The SMILES string of the molecule is NC(=O)c1ccc(S(=O)(=O)N2CCN(C(=O)c3cc(C4CC4)nn3-c3ccccc3)CC2)cc1. The highest BCUT2D eigenvalue weighted by molar-refractivity contribution is 7.89. The van der Waals surface area contributed by atoms with Crippen molar-refractivity contribution >= 4 is 21.8 Å². The van der Waals surface area contributed by atoms with Gasteiger partial charge >= 0.3 is 0 Å². The number of nitrogens with two attached hydrogens (primary N) is 1. The van der Waals surface area contributed by atoms with Gasteiger partial charge in [0.2, 0.25) is 15.9 Å². The summed E-state index contributed by atoms with van der Waals surface area (Å²) in [6.45, 7) is 0.910. The summed E-state index contributed by atoms with van der Waals surface area (Å²) in [6.07, 6.45) is 2.16. The summed E-state index contributed by atoms with van der Waals surface area (Å²) in [6, 6.07) is 17.0. The molecule has 0 atom stereocenters. The van der Waals surface area contributed by atoms with E-state index in [1.54, 1.807) is 9.58 Å². The fraction of sp³-hybridized carbons (Fsp3) is 0.292. The second-order valence-corrected chi connectivity index (χ2v) is 10.5. The number of para-hydroxylation sites is 1. The van der Waals surface area contributed by atoms with E-state index < -0.39 is 15.9 Å². The second kappa shape index (κ2) is 8.69. The molecule has 176 valence electrons. The number of amides is 2. The molecule has 34 heavy (non-hydrogen) atoms. The maximum Gasteiger partial charge on any atom is 0.272 e. The lowest BCUT2D eigenvalue weighted by Gasteiger charge is -2.34. The van der Waals surface area contributed by atoms with Gasteiger partial charge in [-0.3, -0.25) is 9.59 Å². The highest BCUT2D eigenvalue weighted by Gasteiger charge is 2.33. The minimum Gasteiger partial charge on any atom is -0.366 e. The smallest absolute Gasteiger partial charge is 0.272 e. The van der Waals surface area contributed by atoms with E-state index >= 15 is 0 Å². The Hall–Kier alpha value is -3.50. The molecule has 5 rings (SSSR count). The van der Waals surface area contributed by atoms with Crippen LogP contribution in [0.4, 0.5) is 0 Å². The summed E-state index contributed by atoms with van der Waals surface area (Å²) in [5, 5.41) is 4.70. The highest BCUT2D eigenvalue weighted by Crippen LogP contribution is 2.40. The van der Waals surface area contributed by atoms with E-state index in [0.717, 1.165) is 24.2 Å². The van der Waals surface area contributed by atoms with Crippen LogP contribution >= 0.6 is 0 Å². The quantitative estimate of drug-likeness (QED) is 0.580. The van der Waals surface area contributed by atoms with Crippen molar-refractivity contribution in [2.24, 2.45) is 5.73 Å². The molecule has 1 aliphatic carbocycles. The zero-order chi connectivity index (χ0) is 23.9. The molecule has 1 saturated carbocycles. The van der Waals surface area contributed by atoms with E-state index in [1.165, 1.54) is 28.6 Å². The molecule has 3 aromatic rings. The van der Waals surface area contributed by atoms with Gasteiger partial charge in [0.15, 0.2) is 0 Å². The first-order valence-electron chi connectivity index (χ1n) is 11.2. The van der Waals surface area contributed by atoms with Gasteiger partial charge < -0.3 is 10.6 Å². The van der Waals surface area contributed by atoms with Crippen LogP contribution in [-0.4, -0.2) is 65.4 Å². The lowest BCUT2D eigenvalue weighted by atomic mass is 10.2. The van der Waals surface area contributed by atoms with Crippen LogP contribution in [0.25, 0.3) is 5.69 Å². The Kier molecular flexibility index (Phi) is 5.70. The molecular formula is C24H25N5O4S. The number of rotatable bonds is 6. The van der Waals surface area contributed by atoms with Crippen LogP contribution in [0.5, 0.6) is 0 Å². The van der Waals surface area contributed by atoms with Crippen LogP contribution in [0.1, 0.15) is 45.3 Å². The number of nitrogens with zero attached hydrogens (tertiary/aromatic N) is 4. The van der Waals surface area contributed by atoms with Crippen LogP contribution in [0.2, 0.25) is 0 Å². The number of sulfonamides is 1. The molecule has 1 aromatic heterocycles. The summed E-state index contributed by atoms with van der Waals surface area (Å²) in [7, 11) is -3.74.